The lowest BCUT2D eigenvalue weighted by Gasteiger charge is -2.45. The molecular formula is C38H41N5O16. The van der Waals surface area contributed by atoms with E-state index in [2.05, 4.69) is 4.98 Å². The average Bonchev–Trinajstić information content (AvgIpc) is 3.79. The first-order chi connectivity index (χ1) is 28.1. The Morgan fingerprint density at radius 2 is 1.83 bits per heavy atom. The number of methoxy groups -OCH3 is 2. The second kappa shape index (κ2) is 14.9. The summed E-state index contributed by atoms with van der Waals surface area (Å²) in [6.07, 6.45) is -5.66. The van der Waals surface area contributed by atoms with Gasteiger partial charge in [-0.05, 0) is 17.9 Å². The monoisotopic (exact) mass is 823 g/mol. The van der Waals surface area contributed by atoms with E-state index in [1.165, 1.54) is 55.1 Å². The molecule has 0 radical (unpaired) electrons. The van der Waals surface area contributed by atoms with Gasteiger partial charge < -0.3 is 63.9 Å². The molecule has 5 aliphatic rings. The van der Waals surface area contributed by atoms with Crippen molar-refractivity contribution in [2.75, 3.05) is 33.9 Å². The van der Waals surface area contributed by atoms with E-state index < -0.39 is 125 Å². The third-order valence-electron chi connectivity index (χ3n) is 11.9. The Balaban J connectivity index is 1.06. The molecule has 59 heavy (non-hydrogen) atoms. The first-order valence-electron chi connectivity index (χ1n) is 18.7. The standard InChI is InChI=1S/C38H41N5O16/c1-16-35-20(42-24(55-4)12-41(13-25(42)59-35)37(50)56-15-17-11-39-36(40(17)2)43(52)53)8-26(57-16)58-22-10-38(51,23(45)14-44)9-19-28(22)34(49)30-29(32(19)47)31(46)18-6-5-7-21(54-3)27(18)33(30)48/h5-7,11,16,20,22,24-26,35,44,47,49,51H,8-10,12-15H2,1-4H3/t16-,20?,22-,24?,25?,26-,35?,38-/m0/s1. The summed E-state index contributed by atoms with van der Waals surface area (Å²) in [5.74, 6) is -4.36. The number of nitro groups is 1. The summed E-state index contributed by atoms with van der Waals surface area (Å²) in [4.78, 5) is 71.8. The first-order valence-corrected chi connectivity index (χ1v) is 18.7. The molecule has 1 amide bonds. The Bertz CT molecular complexity index is 2280. The molecular weight excluding hydrogens is 782 g/mol. The summed E-state index contributed by atoms with van der Waals surface area (Å²) < 4.78 is 37.0. The summed E-state index contributed by atoms with van der Waals surface area (Å²) in [5.41, 5.74) is -3.59. The van der Waals surface area contributed by atoms with Crippen LogP contribution in [0.2, 0.25) is 0 Å². The highest BCUT2D eigenvalue weighted by molar-refractivity contribution is 6.31. The number of imidazole rings is 1. The van der Waals surface area contributed by atoms with Crippen molar-refractivity contribution in [2.24, 2.45) is 7.05 Å². The number of aliphatic hydroxyl groups excluding tert-OH is 1. The SMILES string of the molecule is COc1cccc2c1C(=O)c1c(O)c3c(c(O)c1C2=O)C[C@@](O)(C(=O)CO)C[C@@H]3O[C@H]1CC2C(OC3CN(C(=O)OCc4cnc([N+](=O)[O-])n4C)CC(OC)N32)[C@H](C)O1. The van der Waals surface area contributed by atoms with E-state index in [-0.39, 0.29) is 54.1 Å². The van der Waals surface area contributed by atoms with Gasteiger partial charge in [-0.3, -0.25) is 14.4 Å². The minimum absolute atomic E-state index is 0.0515. The van der Waals surface area contributed by atoms with Crippen LogP contribution in [0, 0.1) is 10.1 Å². The van der Waals surface area contributed by atoms with Gasteiger partial charge in [0.25, 0.3) is 0 Å². The predicted molar refractivity (Wildman–Crippen MR) is 194 cm³/mol. The zero-order valence-corrected chi connectivity index (χ0v) is 32.2. The van der Waals surface area contributed by atoms with E-state index >= 15 is 0 Å². The number of aromatic nitrogens is 2. The molecule has 21 nitrogen and oxygen atoms in total. The van der Waals surface area contributed by atoms with Crippen molar-refractivity contribution in [3.63, 3.8) is 0 Å². The summed E-state index contributed by atoms with van der Waals surface area (Å²) >= 11 is 0. The van der Waals surface area contributed by atoms with E-state index in [4.69, 9.17) is 28.4 Å². The van der Waals surface area contributed by atoms with Gasteiger partial charge in [-0.1, -0.05) is 17.1 Å². The fourth-order valence-corrected chi connectivity index (χ4v) is 9.03. The van der Waals surface area contributed by atoms with E-state index in [1.807, 2.05) is 4.90 Å². The van der Waals surface area contributed by atoms with Crippen LogP contribution >= 0.6 is 0 Å². The molecule has 3 saturated heterocycles. The topological polar surface area (TPSA) is 272 Å². The van der Waals surface area contributed by atoms with E-state index in [0.29, 0.717) is 5.69 Å². The van der Waals surface area contributed by atoms with Crippen molar-refractivity contribution in [2.45, 2.75) is 81.5 Å². The molecule has 314 valence electrons. The Kier molecular flexibility index (Phi) is 10.2. The third kappa shape index (κ3) is 6.40. The van der Waals surface area contributed by atoms with Crippen LogP contribution in [-0.2, 0) is 48.6 Å². The number of phenols is 2. The van der Waals surface area contributed by atoms with Crippen LogP contribution in [0.15, 0.2) is 24.4 Å². The molecule has 3 fully saturated rings. The molecule has 4 unspecified atom stereocenters. The van der Waals surface area contributed by atoms with E-state index in [0.717, 1.165) is 0 Å². The number of Topliss-reactive ketones (excluding diaryl/α,β-unsaturated/α-hetero) is 1. The molecule has 4 N–H and O–H groups in total. The third-order valence-corrected chi connectivity index (χ3v) is 11.9. The minimum Gasteiger partial charge on any atom is -0.507 e. The lowest BCUT2D eigenvalue weighted by Crippen LogP contribution is -2.62. The zero-order chi connectivity index (χ0) is 42.2. The van der Waals surface area contributed by atoms with Gasteiger partial charge in [0.05, 0.1) is 56.1 Å². The molecule has 3 aliphatic heterocycles. The van der Waals surface area contributed by atoms with Crippen molar-refractivity contribution >= 4 is 29.4 Å². The number of carbonyl (C=O) groups is 4. The summed E-state index contributed by atoms with van der Waals surface area (Å²) in [7, 11) is 4.21. The number of nitrogens with zero attached hydrogens (tertiary/aromatic N) is 5. The largest absolute Gasteiger partial charge is 0.507 e. The summed E-state index contributed by atoms with van der Waals surface area (Å²) in [5, 5.41) is 56.3. The normalized spacial score (nSPS) is 28.6. The van der Waals surface area contributed by atoms with Gasteiger partial charge in [-0.15, -0.1) is 0 Å². The molecule has 4 heterocycles. The van der Waals surface area contributed by atoms with Crippen LogP contribution in [-0.4, -0.2) is 145 Å². The molecule has 2 aromatic carbocycles. The molecule has 2 aliphatic carbocycles. The summed E-state index contributed by atoms with van der Waals surface area (Å²) in [6.45, 7) is 0.503. The second-order valence-corrected chi connectivity index (χ2v) is 15.1. The molecule has 0 spiro atoms. The van der Waals surface area contributed by atoms with Crippen LogP contribution in [0.25, 0.3) is 0 Å². The fraction of sp³-hybridized carbons (Fsp3) is 0.500. The smallest absolute Gasteiger partial charge is 0.434 e. The molecule has 3 aromatic rings. The lowest BCUT2D eigenvalue weighted by atomic mass is 9.72. The molecule has 8 rings (SSSR count). The van der Waals surface area contributed by atoms with Gasteiger partial charge in [0, 0.05) is 49.1 Å². The van der Waals surface area contributed by atoms with Crippen LogP contribution in [0.4, 0.5) is 10.7 Å². The van der Waals surface area contributed by atoms with Gasteiger partial charge in [-0.2, -0.15) is 0 Å². The number of rotatable bonds is 9. The number of carbonyl (C=O) groups excluding carboxylic acids is 4. The maximum absolute atomic E-state index is 14.0. The van der Waals surface area contributed by atoms with E-state index in [9.17, 15) is 49.7 Å². The number of aromatic hydroxyl groups is 2. The molecule has 21 heteroatoms. The summed E-state index contributed by atoms with van der Waals surface area (Å²) in [6, 6.07) is 3.90. The van der Waals surface area contributed by atoms with E-state index in [1.54, 1.807) is 6.92 Å². The van der Waals surface area contributed by atoms with Crippen LogP contribution in [0.3, 0.4) is 0 Å². The number of fused-ring (bicyclic) bond motifs is 6. The maximum atomic E-state index is 14.0. The van der Waals surface area contributed by atoms with Gasteiger partial charge in [0.2, 0.25) is 5.78 Å². The molecule has 0 saturated carbocycles. The number of phenolic OH excluding ortho intramolecular Hbond substituents is 2. The van der Waals surface area contributed by atoms with Crippen molar-refractivity contribution in [3.8, 4) is 17.2 Å². The maximum Gasteiger partial charge on any atom is 0.434 e. The fourth-order valence-electron chi connectivity index (χ4n) is 9.03. The van der Waals surface area contributed by atoms with Crippen LogP contribution < -0.4 is 4.74 Å². The van der Waals surface area contributed by atoms with Crippen molar-refractivity contribution in [1.29, 1.82) is 0 Å². The van der Waals surface area contributed by atoms with Crippen LogP contribution in [0.5, 0.6) is 17.2 Å². The highest BCUT2D eigenvalue weighted by Gasteiger charge is 2.56. The number of hydrogen-bond acceptors (Lipinski definition) is 18. The number of aliphatic hydroxyl groups is 2. The first kappa shape index (κ1) is 40.2. The highest BCUT2D eigenvalue weighted by Crippen LogP contribution is 2.53. The average molecular weight is 824 g/mol. The number of hydrogen-bond donors (Lipinski definition) is 4. The lowest BCUT2D eigenvalue weighted by molar-refractivity contribution is -0.396. The minimum atomic E-state index is -2.32. The Morgan fingerprint density at radius 3 is 2.51 bits per heavy atom. The molecule has 8 atom stereocenters. The number of ether oxygens (including phenoxy) is 6. The number of benzene rings is 2. The van der Waals surface area contributed by atoms with Crippen molar-refractivity contribution in [1.82, 2.24) is 19.4 Å². The Morgan fingerprint density at radius 1 is 1.08 bits per heavy atom. The van der Waals surface area contributed by atoms with Gasteiger partial charge in [0.1, 0.15) is 54.2 Å². The zero-order valence-electron chi connectivity index (χ0n) is 32.2. The Labute approximate surface area is 334 Å². The predicted octanol–water partition coefficient (Wildman–Crippen LogP) is 0.975. The van der Waals surface area contributed by atoms with Crippen molar-refractivity contribution in [3.05, 3.63) is 73.6 Å². The number of piperazine rings is 1. The number of ketones is 3. The molecule has 0 bridgehead atoms. The van der Waals surface area contributed by atoms with Crippen LogP contribution in [0.1, 0.15) is 74.5 Å². The van der Waals surface area contributed by atoms with Gasteiger partial charge in [-0.25, -0.2) is 14.3 Å². The van der Waals surface area contributed by atoms with Gasteiger partial charge in [0.15, 0.2) is 30.2 Å². The van der Waals surface area contributed by atoms with Crippen molar-refractivity contribution < 1.29 is 72.9 Å². The number of amides is 1. The van der Waals surface area contributed by atoms with Gasteiger partial charge >= 0.3 is 12.0 Å². The molecule has 1 aromatic heterocycles. The Hall–Kier alpha value is -5.55. The highest BCUT2D eigenvalue weighted by atomic mass is 16.7. The quantitative estimate of drug-likeness (QED) is 0.104. The second-order valence-electron chi connectivity index (χ2n) is 15.1.